The SMILES string of the molecule is CC(C)(C)CCCC(=O)Nc1ccc(C(=O)Nc2nccs2)cc1. The van der Waals surface area contributed by atoms with E-state index < -0.39 is 0 Å². The van der Waals surface area contributed by atoms with Gasteiger partial charge in [-0.3, -0.25) is 14.9 Å². The van der Waals surface area contributed by atoms with Gasteiger partial charge < -0.3 is 5.32 Å². The Labute approximate surface area is 146 Å². The summed E-state index contributed by atoms with van der Waals surface area (Å²) in [4.78, 5) is 28.0. The Bertz CT molecular complexity index is 673. The summed E-state index contributed by atoms with van der Waals surface area (Å²) in [5, 5.41) is 7.95. The normalized spacial score (nSPS) is 11.1. The molecule has 0 saturated carbocycles. The lowest BCUT2D eigenvalue weighted by atomic mass is 9.90. The molecule has 0 fully saturated rings. The van der Waals surface area contributed by atoms with E-state index in [9.17, 15) is 9.59 Å². The lowest BCUT2D eigenvalue weighted by molar-refractivity contribution is -0.116. The molecule has 0 aliphatic heterocycles. The second kappa shape index (κ2) is 8.06. The Morgan fingerprint density at radius 1 is 1.12 bits per heavy atom. The number of anilines is 2. The molecule has 0 spiro atoms. The molecule has 128 valence electrons. The van der Waals surface area contributed by atoms with Crippen molar-refractivity contribution in [2.75, 3.05) is 10.6 Å². The van der Waals surface area contributed by atoms with Crippen molar-refractivity contribution in [2.24, 2.45) is 5.41 Å². The lowest BCUT2D eigenvalue weighted by Crippen LogP contribution is -2.14. The van der Waals surface area contributed by atoms with Crippen molar-refractivity contribution < 1.29 is 9.59 Å². The average molecular weight is 345 g/mol. The number of aromatic nitrogens is 1. The molecule has 1 heterocycles. The minimum atomic E-state index is -0.215. The summed E-state index contributed by atoms with van der Waals surface area (Å²) < 4.78 is 0. The molecule has 0 aliphatic rings. The van der Waals surface area contributed by atoms with Gasteiger partial charge >= 0.3 is 0 Å². The minimum absolute atomic E-state index is 0.000706. The number of hydrogen-bond donors (Lipinski definition) is 2. The molecule has 0 bridgehead atoms. The van der Waals surface area contributed by atoms with Crippen LogP contribution in [0.2, 0.25) is 0 Å². The number of thiazole rings is 1. The first-order chi connectivity index (χ1) is 11.3. The number of benzene rings is 1. The molecule has 1 aromatic heterocycles. The zero-order valence-corrected chi connectivity index (χ0v) is 15.1. The predicted molar refractivity (Wildman–Crippen MR) is 98.4 cm³/mol. The monoisotopic (exact) mass is 345 g/mol. The molecule has 2 aromatic rings. The zero-order valence-electron chi connectivity index (χ0n) is 14.3. The van der Waals surface area contributed by atoms with E-state index in [1.807, 2.05) is 0 Å². The molecule has 0 saturated heterocycles. The number of amides is 2. The zero-order chi connectivity index (χ0) is 17.6. The van der Waals surface area contributed by atoms with Crippen LogP contribution >= 0.6 is 11.3 Å². The van der Waals surface area contributed by atoms with Gasteiger partial charge in [0.05, 0.1) is 0 Å². The fraction of sp³-hybridized carbons (Fsp3) is 0.389. The van der Waals surface area contributed by atoms with Crippen molar-refractivity contribution in [2.45, 2.75) is 40.0 Å². The van der Waals surface area contributed by atoms with Crippen LogP contribution in [0.3, 0.4) is 0 Å². The van der Waals surface area contributed by atoms with Crippen LogP contribution < -0.4 is 10.6 Å². The van der Waals surface area contributed by atoms with Gasteiger partial charge in [0.25, 0.3) is 5.91 Å². The van der Waals surface area contributed by atoms with Crippen molar-refractivity contribution >= 4 is 34.0 Å². The Morgan fingerprint density at radius 3 is 2.42 bits per heavy atom. The molecule has 2 rings (SSSR count). The number of nitrogens with zero attached hydrogens (tertiary/aromatic N) is 1. The summed E-state index contributed by atoms with van der Waals surface area (Å²) in [5.74, 6) is -0.216. The molecule has 0 atom stereocenters. The van der Waals surface area contributed by atoms with Crippen LogP contribution in [0.1, 0.15) is 50.4 Å². The first-order valence-corrected chi connectivity index (χ1v) is 8.82. The molecule has 6 heteroatoms. The Morgan fingerprint density at radius 2 is 1.83 bits per heavy atom. The van der Waals surface area contributed by atoms with Crippen LogP contribution in [-0.2, 0) is 4.79 Å². The summed E-state index contributed by atoms with van der Waals surface area (Å²) in [6, 6.07) is 6.85. The fourth-order valence-corrected chi connectivity index (χ4v) is 2.69. The number of hydrogen-bond acceptors (Lipinski definition) is 4. The average Bonchev–Trinajstić information content (AvgIpc) is 2.99. The minimum Gasteiger partial charge on any atom is -0.326 e. The van der Waals surface area contributed by atoms with Crippen molar-refractivity contribution in [1.82, 2.24) is 4.98 Å². The van der Waals surface area contributed by atoms with Gasteiger partial charge in [-0.1, -0.05) is 20.8 Å². The van der Waals surface area contributed by atoms with E-state index >= 15 is 0 Å². The third kappa shape index (κ3) is 6.12. The maximum atomic E-state index is 12.0. The molecular weight excluding hydrogens is 322 g/mol. The smallest absolute Gasteiger partial charge is 0.257 e. The molecule has 24 heavy (non-hydrogen) atoms. The van der Waals surface area contributed by atoms with E-state index in [1.54, 1.807) is 35.8 Å². The highest BCUT2D eigenvalue weighted by molar-refractivity contribution is 7.13. The highest BCUT2D eigenvalue weighted by atomic mass is 32.1. The maximum Gasteiger partial charge on any atom is 0.257 e. The highest BCUT2D eigenvalue weighted by Crippen LogP contribution is 2.21. The molecule has 1 aromatic carbocycles. The third-order valence-electron chi connectivity index (χ3n) is 3.41. The number of nitrogens with one attached hydrogen (secondary N) is 2. The summed E-state index contributed by atoms with van der Waals surface area (Å²) in [5.41, 5.74) is 1.46. The molecule has 0 aliphatic carbocycles. The molecule has 0 unspecified atom stereocenters. The van der Waals surface area contributed by atoms with E-state index in [0.29, 0.717) is 22.8 Å². The van der Waals surface area contributed by atoms with Gasteiger partial charge in [0.1, 0.15) is 0 Å². The van der Waals surface area contributed by atoms with E-state index in [0.717, 1.165) is 12.8 Å². The summed E-state index contributed by atoms with van der Waals surface area (Å²) >= 11 is 1.37. The van der Waals surface area contributed by atoms with E-state index in [4.69, 9.17) is 0 Å². The van der Waals surface area contributed by atoms with Gasteiger partial charge in [0.15, 0.2) is 5.13 Å². The van der Waals surface area contributed by atoms with Crippen LogP contribution in [0.4, 0.5) is 10.8 Å². The molecule has 2 amide bonds. The lowest BCUT2D eigenvalue weighted by Gasteiger charge is -2.17. The van der Waals surface area contributed by atoms with Crippen molar-refractivity contribution in [1.29, 1.82) is 0 Å². The maximum absolute atomic E-state index is 12.0. The van der Waals surface area contributed by atoms with Crippen LogP contribution in [0.15, 0.2) is 35.8 Å². The van der Waals surface area contributed by atoms with E-state index in [1.165, 1.54) is 11.3 Å². The van der Waals surface area contributed by atoms with Gasteiger partial charge in [-0.2, -0.15) is 0 Å². The Hall–Kier alpha value is -2.21. The number of rotatable bonds is 6. The molecular formula is C18H23N3O2S. The van der Waals surface area contributed by atoms with Gasteiger partial charge in [0.2, 0.25) is 5.91 Å². The van der Waals surface area contributed by atoms with Gasteiger partial charge in [-0.25, -0.2) is 4.98 Å². The summed E-state index contributed by atoms with van der Waals surface area (Å²) in [7, 11) is 0. The summed E-state index contributed by atoms with van der Waals surface area (Å²) in [6.45, 7) is 6.50. The highest BCUT2D eigenvalue weighted by Gasteiger charge is 2.12. The molecule has 2 N–H and O–H groups in total. The first kappa shape index (κ1) is 18.1. The topological polar surface area (TPSA) is 71.1 Å². The Kier molecular flexibility index (Phi) is 6.09. The van der Waals surface area contributed by atoms with Crippen LogP contribution in [0, 0.1) is 5.41 Å². The van der Waals surface area contributed by atoms with Crippen molar-refractivity contribution in [3.05, 3.63) is 41.4 Å². The second-order valence-corrected chi connectivity index (χ2v) is 7.73. The molecule has 0 radical (unpaired) electrons. The van der Waals surface area contributed by atoms with Gasteiger partial charge in [0, 0.05) is 29.2 Å². The van der Waals surface area contributed by atoms with Crippen LogP contribution in [-0.4, -0.2) is 16.8 Å². The van der Waals surface area contributed by atoms with Gasteiger partial charge in [-0.15, -0.1) is 11.3 Å². The van der Waals surface area contributed by atoms with Gasteiger partial charge in [-0.05, 0) is 42.5 Å². The second-order valence-electron chi connectivity index (χ2n) is 6.83. The Balaban J connectivity index is 1.83. The van der Waals surface area contributed by atoms with E-state index in [2.05, 4.69) is 36.4 Å². The fourth-order valence-electron chi connectivity index (χ4n) is 2.16. The first-order valence-electron chi connectivity index (χ1n) is 7.94. The largest absolute Gasteiger partial charge is 0.326 e. The predicted octanol–water partition coefficient (Wildman–Crippen LogP) is 4.55. The van der Waals surface area contributed by atoms with Crippen LogP contribution in [0.25, 0.3) is 0 Å². The van der Waals surface area contributed by atoms with Crippen molar-refractivity contribution in [3.63, 3.8) is 0 Å². The van der Waals surface area contributed by atoms with Crippen LogP contribution in [0.5, 0.6) is 0 Å². The number of carbonyl (C=O) groups excluding carboxylic acids is 2. The standard InChI is InChI=1S/C18H23N3O2S/c1-18(2,3)10-4-5-15(22)20-14-8-6-13(7-9-14)16(23)21-17-19-11-12-24-17/h6-9,11-12H,4-5,10H2,1-3H3,(H,20,22)(H,19,21,23). The van der Waals surface area contributed by atoms with E-state index in [-0.39, 0.29) is 17.2 Å². The summed E-state index contributed by atoms with van der Waals surface area (Å²) in [6.07, 6.45) is 4.02. The quantitative estimate of drug-likeness (QED) is 0.807. The molecule has 5 nitrogen and oxygen atoms in total. The third-order valence-corrected chi connectivity index (χ3v) is 4.10. The van der Waals surface area contributed by atoms with Crippen molar-refractivity contribution in [3.8, 4) is 0 Å². The number of carbonyl (C=O) groups is 2.